The van der Waals surface area contributed by atoms with Gasteiger partial charge >= 0.3 is 5.97 Å². The number of hydrogen-bond donors (Lipinski definition) is 0. The largest absolute Gasteiger partial charge is 0.452 e. The zero-order valence-electron chi connectivity index (χ0n) is 14.9. The Bertz CT molecular complexity index is 1100. The molecule has 0 saturated carbocycles. The van der Waals surface area contributed by atoms with E-state index >= 15 is 0 Å². The second-order valence-electron chi connectivity index (χ2n) is 6.31. The average Bonchev–Trinajstić information content (AvgIpc) is 3.03. The summed E-state index contributed by atoms with van der Waals surface area (Å²) in [6.45, 7) is 1.72. The first-order valence-corrected chi connectivity index (χ1v) is 8.63. The van der Waals surface area contributed by atoms with Gasteiger partial charge < -0.3 is 9.47 Å². The number of carbonyl (C=O) groups excluding carboxylic acids is 2. The lowest BCUT2D eigenvalue weighted by Crippen LogP contribution is -2.09. The van der Waals surface area contributed by atoms with Gasteiger partial charge in [-0.3, -0.25) is 4.79 Å². The molecule has 28 heavy (non-hydrogen) atoms. The first-order valence-electron chi connectivity index (χ1n) is 8.63. The zero-order chi connectivity index (χ0) is 19.7. The fourth-order valence-electron chi connectivity index (χ4n) is 2.92. The normalized spacial score (nSPS) is 13.9. The molecule has 0 amide bonds. The molecule has 0 radical (unpaired) electrons. The van der Waals surface area contributed by atoms with E-state index in [1.54, 1.807) is 61.5 Å². The second kappa shape index (κ2) is 7.12. The fourth-order valence-corrected chi connectivity index (χ4v) is 2.92. The molecule has 0 aliphatic carbocycles. The number of carbonyl (C=O) groups is 2. The van der Waals surface area contributed by atoms with Crippen LogP contribution < -0.4 is 9.47 Å². The molecule has 0 bridgehead atoms. The molecule has 1 heterocycles. The van der Waals surface area contributed by atoms with Crippen LogP contribution in [0.3, 0.4) is 0 Å². The van der Waals surface area contributed by atoms with E-state index in [2.05, 4.69) is 0 Å². The number of ketones is 1. The summed E-state index contributed by atoms with van der Waals surface area (Å²) in [5.41, 5.74) is 2.02. The lowest BCUT2D eigenvalue weighted by molar-refractivity contribution is 0.0733. The number of ether oxygens (including phenoxy) is 2. The van der Waals surface area contributed by atoms with E-state index in [1.165, 1.54) is 12.1 Å². The first kappa shape index (κ1) is 17.7. The van der Waals surface area contributed by atoms with Gasteiger partial charge in [-0.2, -0.15) is 0 Å². The van der Waals surface area contributed by atoms with Gasteiger partial charge in [-0.1, -0.05) is 30.3 Å². The topological polar surface area (TPSA) is 52.6 Å². The number of allylic oxidation sites excluding steroid dienone is 1. The number of halogens is 1. The first-order chi connectivity index (χ1) is 13.5. The van der Waals surface area contributed by atoms with Crippen LogP contribution >= 0.6 is 0 Å². The molecule has 1 aliphatic heterocycles. The van der Waals surface area contributed by atoms with E-state index in [0.29, 0.717) is 33.8 Å². The minimum atomic E-state index is -0.491. The van der Waals surface area contributed by atoms with Gasteiger partial charge in [0.15, 0.2) is 5.76 Å². The third-order valence-corrected chi connectivity index (χ3v) is 4.42. The van der Waals surface area contributed by atoms with Crippen molar-refractivity contribution in [2.45, 2.75) is 6.92 Å². The van der Waals surface area contributed by atoms with Gasteiger partial charge in [-0.15, -0.1) is 0 Å². The van der Waals surface area contributed by atoms with Gasteiger partial charge in [-0.25, -0.2) is 9.18 Å². The smallest absolute Gasteiger partial charge is 0.343 e. The molecule has 0 N–H and O–H groups in total. The number of hydrogen-bond acceptors (Lipinski definition) is 4. The lowest BCUT2D eigenvalue weighted by atomic mass is 10.1. The number of fused-ring (bicyclic) bond motifs is 1. The molecule has 0 saturated heterocycles. The van der Waals surface area contributed by atoms with Crippen LogP contribution in [-0.2, 0) is 0 Å². The molecule has 0 atom stereocenters. The SMILES string of the molecule is Cc1c(OC(=O)c2ccccc2)ccc2c1O/C(=C\c1ccc(F)cc1)C2=O. The molecule has 3 aromatic carbocycles. The van der Waals surface area contributed by atoms with Crippen LogP contribution in [0.15, 0.2) is 72.5 Å². The Balaban J connectivity index is 1.61. The van der Waals surface area contributed by atoms with Crippen LogP contribution in [0.25, 0.3) is 6.08 Å². The summed E-state index contributed by atoms with van der Waals surface area (Å²) in [4.78, 5) is 24.9. The monoisotopic (exact) mass is 374 g/mol. The van der Waals surface area contributed by atoms with E-state index in [9.17, 15) is 14.0 Å². The number of benzene rings is 3. The van der Waals surface area contributed by atoms with Gasteiger partial charge in [0.05, 0.1) is 11.1 Å². The van der Waals surface area contributed by atoms with Gasteiger partial charge in [0, 0.05) is 5.56 Å². The van der Waals surface area contributed by atoms with Crippen LogP contribution in [0.4, 0.5) is 4.39 Å². The van der Waals surface area contributed by atoms with Crippen LogP contribution in [0, 0.1) is 12.7 Å². The minimum Gasteiger partial charge on any atom is -0.452 e. The van der Waals surface area contributed by atoms with E-state index in [0.717, 1.165) is 0 Å². The van der Waals surface area contributed by atoms with E-state index < -0.39 is 5.97 Å². The highest BCUT2D eigenvalue weighted by Gasteiger charge is 2.30. The van der Waals surface area contributed by atoms with Gasteiger partial charge in [0.25, 0.3) is 0 Å². The molecular formula is C23H15FO4. The van der Waals surface area contributed by atoms with Crippen LogP contribution in [0.5, 0.6) is 11.5 Å². The number of Topliss-reactive ketones (excluding diaryl/α,β-unsaturated/α-hetero) is 1. The summed E-state index contributed by atoms with van der Waals surface area (Å²) >= 11 is 0. The van der Waals surface area contributed by atoms with E-state index in [4.69, 9.17) is 9.47 Å². The summed E-state index contributed by atoms with van der Waals surface area (Å²) in [5, 5.41) is 0. The molecule has 138 valence electrons. The Labute approximate surface area is 160 Å². The Morgan fingerprint density at radius 1 is 1.00 bits per heavy atom. The molecule has 0 aromatic heterocycles. The Morgan fingerprint density at radius 2 is 1.71 bits per heavy atom. The van der Waals surface area contributed by atoms with Crippen LogP contribution in [0.2, 0.25) is 0 Å². The highest BCUT2D eigenvalue weighted by Crippen LogP contribution is 2.39. The van der Waals surface area contributed by atoms with Gasteiger partial charge in [-0.05, 0) is 55.0 Å². The maximum absolute atomic E-state index is 13.1. The predicted molar refractivity (Wildman–Crippen MR) is 102 cm³/mol. The molecule has 4 rings (SSSR count). The van der Waals surface area contributed by atoms with Crippen molar-refractivity contribution in [3.63, 3.8) is 0 Å². The molecule has 0 unspecified atom stereocenters. The maximum Gasteiger partial charge on any atom is 0.343 e. The van der Waals surface area contributed by atoms with Crippen molar-refractivity contribution < 1.29 is 23.5 Å². The van der Waals surface area contributed by atoms with Crippen molar-refractivity contribution in [1.29, 1.82) is 0 Å². The van der Waals surface area contributed by atoms with Crippen molar-refractivity contribution in [1.82, 2.24) is 0 Å². The number of esters is 1. The van der Waals surface area contributed by atoms with Crippen molar-refractivity contribution in [2.75, 3.05) is 0 Å². The Morgan fingerprint density at radius 3 is 2.43 bits per heavy atom. The second-order valence-corrected chi connectivity index (χ2v) is 6.31. The van der Waals surface area contributed by atoms with Crippen molar-refractivity contribution in [2.24, 2.45) is 0 Å². The van der Waals surface area contributed by atoms with E-state index in [-0.39, 0.29) is 17.4 Å². The lowest BCUT2D eigenvalue weighted by Gasteiger charge is -2.10. The molecule has 0 fully saturated rings. The molecule has 0 spiro atoms. The molecule has 5 heteroatoms. The quantitative estimate of drug-likeness (QED) is 0.369. The van der Waals surface area contributed by atoms with Crippen LogP contribution in [0.1, 0.15) is 31.8 Å². The highest BCUT2D eigenvalue weighted by molar-refractivity contribution is 6.15. The fraction of sp³-hybridized carbons (Fsp3) is 0.0435. The third kappa shape index (κ3) is 3.30. The molecule has 1 aliphatic rings. The van der Waals surface area contributed by atoms with Crippen molar-refractivity contribution in [3.8, 4) is 11.5 Å². The zero-order valence-corrected chi connectivity index (χ0v) is 14.9. The third-order valence-electron chi connectivity index (χ3n) is 4.42. The highest BCUT2D eigenvalue weighted by atomic mass is 19.1. The predicted octanol–water partition coefficient (Wildman–Crippen LogP) is 4.97. The molecular weight excluding hydrogens is 359 g/mol. The van der Waals surface area contributed by atoms with Gasteiger partial charge in [0.1, 0.15) is 17.3 Å². The summed E-state index contributed by atoms with van der Waals surface area (Å²) in [7, 11) is 0. The molecule has 3 aromatic rings. The Hall–Kier alpha value is -3.73. The average molecular weight is 374 g/mol. The summed E-state index contributed by atoms with van der Waals surface area (Å²) < 4.78 is 24.3. The minimum absolute atomic E-state index is 0.135. The maximum atomic E-state index is 13.1. The summed E-state index contributed by atoms with van der Waals surface area (Å²) in [6, 6.07) is 17.5. The standard InChI is InChI=1S/C23H15FO4/c1-14-19(28-23(26)16-5-3-2-4-6-16)12-11-18-21(25)20(27-22(14)18)13-15-7-9-17(24)10-8-15/h2-13H,1H3/b20-13-. The number of rotatable bonds is 3. The van der Waals surface area contributed by atoms with Crippen LogP contribution in [-0.4, -0.2) is 11.8 Å². The van der Waals surface area contributed by atoms with Crippen molar-refractivity contribution in [3.05, 3.63) is 101 Å². The van der Waals surface area contributed by atoms with E-state index in [1.807, 2.05) is 6.07 Å². The Kier molecular flexibility index (Phi) is 4.49. The van der Waals surface area contributed by atoms with Gasteiger partial charge in [0.2, 0.25) is 5.78 Å². The van der Waals surface area contributed by atoms with Crippen molar-refractivity contribution >= 4 is 17.8 Å². The summed E-state index contributed by atoms with van der Waals surface area (Å²) in [5.74, 6) is -0.306. The molecule has 4 nitrogen and oxygen atoms in total. The summed E-state index contributed by atoms with van der Waals surface area (Å²) in [6.07, 6.45) is 1.55.